The standard InChI is InChI=1S/C14H19ClFNO3S/c1-4-5-6-10(3)17-14(18)11-8-13(21(15,19)20)9(2)7-12(11)16/h7-8,10H,4-6H2,1-3H3,(H,17,18). The van der Waals surface area contributed by atoms with Crippen molar-refractivity contribution in [2.24, 2.45) is 0 Å². The van der Waals surface area contributed by atoms with Gasteiger partial charge in [0.2, 0.25) is 0 Å². The average Bonchev–Trinajstić information content (AvgIpc) is 2.34. The molecule has 0 spiro atoms. The van der Waals surface area contributed by atoms with Gasteiger partial charge >= 0.3 is 0 Å². The smallest absolute Gasteiger partial charge is 0.261 e. The predicted octanol–water partition coefficient (Wildman–Crippen LogP) is 3.37. The van der Waals surface area contributed by atoms with Crippen molar-refractivity contribution in [1.82, 2.24) is 5.32 Å². The van der Waals surface area contributed by atoms with Gasteiger partial charge in [0.15, 0.2) is 0 Å². The zero-order chi connectivity index (χ0) is 16.2. The van der Waals surface area contributed by atoms with E-state index >= 15 is 0 Å². The highest BCUT2D eigenvalue weighted by molar-refractivity contribution is 8.13. The maximum atomic E-state index is 13.9. The van der Waals surface area contributed by atoms with Crippen LogP contribution >= 0.6 is 10.7 Å². The summed E-state index contributed by atoms with van der Waals surface area (Å²) in [5, 5.41) is 2.65. The molecule has 1 atom stereocenters. The molecule has 1 amide bonds. The minimum atomic E-state index is -4.02. The molecule has 0 aliphatic carbocycles. The lowest BCUT2D eigenvalue weighted by Gasteiger charge is -2.14. The van der Waals surface area contributed by atoms with Gasteiger partial charge in [-0.15, -0.1) is 0 Å². The van der Waals surface area contributed by atoms with E-state index in [0.29, 0.717) is 0 Å². The van der Waals surface area contributed by atoms with Crippen LogP contribution in [0.1, 0.15) is 49.0 Å². The lowest BCUT2D eigenvalue weighted by molar-refractivity contribution is 0.0933. The fourth-order valence-electron chi connectivity index (χ4n) is 1.97. The fourth-order valence-corrected chi connectivity index (χ4v) is 3.17. The second-order valence-corrected chi connectivity index (χ2v) is 7.59. The van der Waals surface area contributed by atoms with Gasteiger partial charge in [0.25, 0.3) is 15.0 Å². The molecule has 1 aromatic rings. The Bertz CT molecular complexity index is 631. The number of hydrogen-bond donors (Lipinski definition) is 1. The van der Waals surface area contributed by atoms with Gasteiger partial charge in [0, 0.05) is 16.7 Å². The van der Waals surface area contributed by atoms with Gasteiger partial charge in [-0.25, -0.2) is 12.8 Å². The molecule has 7 heteroatoms. The summed E-state index contributed by atoms with van der Waals surface area (Å²) in [6.45, 7) is 5.27. The number of rotatable bonds is 6. The van der Waals surface area contributed by atoms with Crippen LogP contribution in [0.25, 0.3) is 0 Å². The van der Waals surface area contributed by atoms with E-state index in [1.165, 1.54) is 6.92 Å². The van der Waals surface area contributed by atoms with Crippen LogP contribution in [0.15, 0.2) is 17.0 Å². The van der Waals surface area contributed by atoms with Gasteiger partial charge < -0.3 is 5.32 Å². The Labute approximate surface area is 129 Å². The summed E-state index contributed by atoms with van der Waals surface area (Å²) in [6, 6.07) is 1.87. The number of halogens is 2. The number of aryl methyl sites for hydroxylation is 1. The van der Waals surface area contributed by atoms with Crippen molar-refractivity contribution >= 4 is 25.6 Å². The number of carbonyl (C=O) groups is 1. The summed E-state index contributed by atoms with van der Waals surface area (Å²) in [6.07, 6.45) is 2.71. The van der Waals surface area contributed by atoms with E-state index in [9.17, 15) is 17.6 Å². The number of amides is 1. The molecule has 0 saturated carbocycles. The first-order valence-corrected chi connectivity index (χ1v) is 9.03. The van der Waals surface area contributed by atoms with Crippen LogP contribution in [0.5, 0.6) is 0 Å². The highest BCUT2D eigenvalue weighted by Gasteiger charge is 2.21. The lowest BCUT2D eigenvalue weighted by Crippen LogP contribution is -2.33. The molecule has 21 heavy (non-hydrogen) atoms. The molecular formula is C14H19ClFNO3S. The monoisotopic (exact) mass is 335 g/mol. The number of carbonyl (C=O) groups excluding carboxylic acids is 1. The summed E-state index contributed by atoms with van der Waals surface area (Å²) >= 11 is 0. The van der Waals surface area contributed by atoms with E-state index in [0.717, 1.165) is 31.4 Å². The molecule has 0 aliphatic heterocycles. The Hall–Kier alpha value is -1.14. The normalized spacial score (nSPS) is 13.0. The molecule has 0 saturated heterocycles. The van der Waals surface area contributed by atoms with Crippen molar-refractivity contribution in [3.8, 4) is 0 Å². The zero-order valence-electron chi connectivity index (χ0n) is 12.2. The first-order chi connectivity index (χ1) is 9.66. The van der Waals surface area contributed by atoms with Crippen molar-refractivity contribution < 1.29 is 17.6 Å². The van der Waals surface area contributed by atoms with E-state index in [2.05, 4.69) is 5.32 Å². The summed E-state index contributed by atoms with van der Waals surface area (Å²) in [7, 11) is 1.26. The number of hydrogen-bond acceptors (Lipinski definition) is 3. The summed E-state index contributed by atoms with van der Waals surface area (Å²) < 4.78 is 36.7. The molecule has 1 N–H and O–H groups in total. The Morgan fingerprint density at radius 1 is 1.43 bits per heavy atom. The number of nitrogens with one attached hydrogen (secondary N) is 1. The van der Waals surface area contributed by atoms with Gasteiger partial charge in [0.05, 0.1) is 10.5 Å². The van der Waals surface area contributed by atoms with Crippen molar-refractivity contribution in [2.45, 2.75) is 51.0 Å². The molecule has 1 unspecified atom stereocenters. The van der Waals surface area contributed by atoms with Gasteiger partial charge in [-0.3, -0.25) is 4.79 Å². The molecule has 0 fully saturated rings. The molecular weight excluding hydrogens is 317 g/mol. The van der Waals surface area contributed by atoms with E-state index in [-0.39, 0.29) is 22.1 Å². The summed E-state index contributed by atoms with van der Waals surface area (Å²) in [4.78, 5) is 11.8. The van der Waals surface area contributed by atoms with Crippen LogP contribution in [0.4, 0.5) is 4.39 Å². The molecule has 118 valence electrons. The fraction of sp³-hybridized carbons (Fsp3) is 0.500. The van der Waals surface area contributed by atoms with Gasteiger partial charge in [-0.05, 0) is 38.0 Å². The third-order valence-corrected chi connectivity index (χ3v) is 4.60. The predicted molar refractivity (Wildman–Crippen MR) is 80.6 cm³/mol. The highest BCUT2D eigenvalue weighted by Crippen LogP contribution is 2.23. The van der Waals surface area contributed by atoms with Crippen molar-refractivity contribution in [1.29, 1.82) is 0 Å². The Kier molecular flexibility index (Phi) is 6.16. The van der Waals surface area contributed by atoms with E-state index in [4.69, 9.17) is 10.7 Å². The molecule has 4 nitrogen and oxygen atoms in total. The quantitative estimate of drug-likeness (QED) is 0.811. The van der Waals surface area contributed by atoms with Crippen LogP contribution in [-0.4, -0.2) is 20.4 Å². The van der Waals surface area contributed by atoms with Crippen molar-refractivity contribution in [3.63, 3.8) is 0 Å². The average molecular weight is 336 g/mol. The molecule has 0 aromatic heterocycles. The molecule has 1 aromatic carbocycles. The minimum Gasteiger partial charge on any atom is -0.349 e. The van der Waals surface area contributed by atoms with E-state index < -0.39 is 20.8 Å². The Balaban J connectivity index is 3.05. The van der Waals surface area contributed by atoms with Crippen molar-refractivity contribution in [3.05, 3.63) is 29.1 Å². The van der Waals surface area contributed by atoms with Gasteiger partial charge in [0.1, 0.15) is 5.82 Å². The zero-order valence-corrected chi connectivity index (χ0v) is 13.8. The first kappa shape index (κ1) is 17.9. The number of unbranched alkanes of at least 4 members (excludes halogenated alkanes) is 1. The third kappa shape index (κ3) is 4.97. The summed E-state index contributed by atoms with van der Waals surface area (Å²) in [5.74, 6) is -1.41. The maximum Gasteiger partial charge on any atom is 0.261 e. The van der Waals surface area contributed by atoms with Crippen LogP contribution in [-0.2, 0) is 9.05 Å². The Morgan fingerprint density at radius 3 is 2.57 bits per heavy atom. The Morgan fingerprint density at radius 2 is 2.05 bits per heavy atom. The topological polar surface area (TPSA) is 63.2 Å². The van der Waals surface area contributed by atoms with Crippen LogP contribution in [0, 0.1) is 12.7 Å². The molecule has 0 aliphatic rings. The first-order valence-electron chi connectivity index (χ1n) is 6.72. The molecule has 0 heterocycles. The van der Waals surface area contributed by atoms with E-state index in [1.807, 2.05) is 13.8 Å². The maximum absolute atomic E-state index is 13.9. The van der Waals surface area contributed by atoms with Crippen molar-refractivity contribution in [2.75, 3.05) is 0 Å². The van der Waals surface area contributed by atoms with E-state index in [1.54, 1.807) is 0 Å². The molecule has 1 rings (SSSR count). The van der Waals surface area contributed by atoms with Crippen LogP contribution < -0.4 is 5.32 Å². The lowest BCUT2D eigenvalue weighted by atomic mass is 10.1. The van der Waals surface area contributed by atoms with Gasteiger partial charge in [-0.2, -0.15) is 0 Å². The third-order valence-electron chi connectivity index (χ3n) is 3.14. The molecule has 0 bridgehead atoms. The SMILES string of the molecule is CCCCC(C)NC(=O)c1cc(S(=O)(=O)Cl)c(C)cc1F. The minimum absolute atomic E-state index is 0.116. The van der Waals surface area contributed by atoms with Crippen LogP contribution in [0.2, 0.25) is 0 Å². The second-order valence-electron chi connectivity index (χ2n) is 5.05. The largest absolute Gasteiger partial charge is 0.349 e. The van der Waals surface area contributed by atoms with Crippen LogP contribution in [0.3, 0.4) is 0 Å². The van der Waals surface area contributed by atoms with Gasteiger partial charge in [-0.1, -0.05) is 19.8 Å². The second kappa shape index (κ2) is 7.22. The summed E-state index contributed by atoms with van der Waals surface area (Å²) in [5.41, 5.74) is -0.152. The number of benzene rings is 1. The molecule has 0 radical (unpaired) electrons. The highest BCUT2D eigenvalue weighted by atomic mass is 35.7.